The van der Waals surface area contributed by atoms with Gasteiger partial charge in [-0.25, -0.2) is 8.42 Å². The largest absolute Gasteiger partial charge is 0.338 e. The highest BCUT2D eigenvalue weighted by atomic mass is 32.2. The van der Waals surface area contributed by atoms with Gasteiger partial charge in [-0.05, 0) is 0 Å². The smallest absolute Gasteiger partial charge is 0.238 e. The maximum absolute atomic E-state index is 11.4. The van der Waals surface area contributed by atoms with E-state index in [1.807, 2.05) is 0 Å². The van der Waals surface area contributed by atoms with Crippen LogP contribution in [0.15, 0.2) is 4.52 Å². The first-order chi connectivity index (χ1) is 7.46. The Morgan fingerprint density at radius 2 is 2.31 bits per heavy atom. The number of sulfone groups is 1. The molecule has 1 unspecified atom stereocenters. The van der Waals surface area contributed by atoms with Crippen molar-refractivity contribution in [3.63, 3.8) is 0 Å². The van der Waals surface area contributed by atoms with Crippen molar-refractivity contribution in [2.24, 2.45) is 0 Å². The predicted molar refractivity (Wildman–Crippen MR) is 57.9 cm³/mol. The van der Waals surface area contributed by atoms with Crippen molar-refractivity contribution in [2.75, 3.05) is 17.8 Å². The second-order valence-corrected chi connectivity index (χ2v) is 6.82. The fourth-order valence-electron chi connectivity index (χ4n) is 1.38. The molecule has 0 bridgehead atoms. The van der Waals surface area contributed by atoms with Crippen LogP contribution in [0, 0.1) is 0 Å². The van der Waals surface area contributed by atoms with Gasteiger partial charge in [-0.3, -0.25) is 4.79 Å². The van der Waals surface area contributed by atoms with Crippen LogP contribution in [0.5, 0.6) is 0 Å². The van der Waals surface area contributed by atoms with Crippen LogP contribution in [-0.4, -0.2) is 42.1 Å². The van der Waals surface area contributed by atoms with Gasteiger partial charge in [0, 0.05) is 12.0 Å². The second-order valence-electron chi connectivity index (χ2n) is 3.65. The average Bonchev–Trinajstić information content (AvgIpc) is 2.71. The molecule has 1 fully saturated rings. The molecule has 0 saturated carbocycles. The highest BCUT2D eigenvalue weighted by Crippen LogP contribution is 2.28. The number of Topliss-reactive ketones (excluding diaryl/α,β-unsaturated/α-hetero) is 1. The molecule has 0 aliphatic carbocycles. The van der Waals surface area contributed by atoms with Crippen LogP contribution in [-0.2, 0) is 20.4 Å². The molecule has 16 heavy (non-hydrogen) atoms. The van der Waals surface area contributed by atoms with E-state index in [1.165, 1.54) is 11.8 Å². The van der Waals surface area contributed by atoms with E-state index in [0.717, 1.165) is 6.26 Å². The summed E-state index contributed by atoms with van der Waals surface area (Å²) in [7, 11) is -3.18. The summed E-state index contributed by atoms with van der Waals surface area (Å²) in [6.45, 7) is 0. The zero-order valence-corrected chi connectivity index (χ0v) is 10.2. The van der Waals surface area contributed by atoms with Crippen LogP contribution < -0.4 is 0 Å². The normalized spacial score (nSPS) is 21.6. The molecule has 0 spiro atoms. The van der Waals surface area contributed by atoms with Crippen molar-refractivity contribution < 1.29 is 17.7 Å². The summed E-state index contributed by atoms with van der Waals surface area (Å²) in [6.07, 6.45) is 1.10. The monoisotopic (exact) mass is 262 g/mol. The molecule has 88 valence electrons. The van der Waals surface area contributed by atoms with Crippen molar-refractivity contribution in [3.8, 4) is 0 Å². The lowest BCUT2D eigenvalue weighted by Crippen LogP contribution is -2.09. The number of nitrogens with zero attached hydrogens (tertiary/aromatic N) is 2. The predicted octanol–water partition coefficient (Wildman–Crippen LogP) is 0.0137. The Labute approximate surface area is 96.7 Å². The van der Waals surface area contributed by atoms with E-state index >= 15 is 0 Å². The van der Waals surface area contributed by atoms with Crippen LogP contribution in [0.4, 0.5) is 0 Å². The summed E-state index contributed by atoms with van der Waals surface area (Å²) in [6, 6.07) is 0. The van der Waals surface area contributed by atoms with Gasteiger partial charge in [-0.2, -0.15) is 16.7 Å². The lowest BCUT2D eigenvalue weighted by Gasteiger charge is -1.97. The minimum Gasteiger partial charge on any atom is -0.338 e. The summed E-state index contributed by atoms with van der Waals surface area (Å²) in [4.78, 5) is 15.3. The number of aromatic nitrogens is 2. The van der Waals surface area contributed by atoms with Gasteiger partial charge in [0.2, 0.25) is 5.89 Å². The van der Waals surface area contributed by atoms with Crippen molar-refractivity contribution in [1.29, 1.82) is 0 Å². The summed E-state index contributed by atoms with van der Waals surface area (Å²) < 4.78 is 26.9. The van der Waals surface area contributed by atoms with Crippen LogP contribution in [0.1, 0.15) is 17.6 Å². The molecular formula is C8H10N2O4S2. The molecule has 2 heterocycles. The van der Waals surface area contributed by atoms with E-state index in [0.29, 0.717) is 11.5 Å². The Kier molecular flexibility index (Phi) is 3.02. The van der Waals surface area contributed by atoms with Crippen LogP contribution >= 0.6 is 11.8 Å². The minimum absolute atomic E-state index is 0.0551. The number of hydrogen-bond donors (Lipinski definition) is 0. The lowest BCUT2D eigenvalue weighted by molar-refractivity contribution is -0.117. The summed E-state index contributed by atoms with van der Waals surface area (Å²) >= 11 is 1.51. The fraction of sp³-hybridized carbons (Fsp3) is 0.625. The summed E-state index contributed by atoms with van der Waals surface area (Å²) in [5.74, 6) is 0.847. The molecule has 0 aromatic carbocycles. The molecule has 1 atom stereocenters. The molecule has 1 aliphatic heterocycles. The number of carbonyl (C=O) groups excluding carboxylic acids is 1. The highest BCUT2D eigenvalue weighted by molar-refractivity contribution is 8.00. The van der Waals surface area contributed by atoms with Gasteiger partial charge < -0.3 is 4.52 Å². The number of thioether (sulfide) groups is 1. The zero-order chi connectivity index (χ0) is 11.8. The molecule has 1 aromatic heterocycles. The Hall–Kier alpha value is -0.890. The zero-order valence-electron chi connectivity index (χ0n) is 8.54. The van der Waals surface area contributed by atoms with Gasteiger partial charge in [0.05, 0.1) is 5.75 Å². The maximum atomic E-state index is 11.4. The molecular weight excluding hydrogens is 252 g/mol. The molecule has 2 rings (SSSR count). The van der Waals surface area contributed by atoms with E-state index in [9.17, 15) is 13.2 Å². The Morgan fingerprint density at radius 3 is 2.88 bits per heavy atom. The van der Waals surface area contributed by atoms with Crippen LogP contribution in [0.2, 0.25) is 0 Å². The summed E-state index contributed by atoms with van der Waals surface area (Å²) in [5.41, 5.74) is 0. The fourth-order valence-corrected chi connectivity index (χ4v) is 3.05. The van der Waals surface area contributed by atoms with Crippen molar-refractivity contribution in [2.45, 2.75) is 11.7 Å². The van der Waals surface area contributed by atoms with Gasteiger partial charge in [0.15, 0.2) is 21.4 Å². The molecule has 1 aliphatic rings. The minimum atomic E-state index is -3.18. The van der Waals surface area contributed by atoms with E-state index in [1.54, 1.807) is 0 Å². The van der Waals surface area contributed by atoms with E-state index < -0.39 is 9.84 Å². The summed E-state index contributed by atoms with van der Waals surface area (Å²) in [5, 5.41) is 3.55. The number of ketones is 1. The third-order valence-corrected chi connectivity index (χ3v) is 3.93. The van der Waals surface area contributed by atoms with Crippen LogP contribution in [0.3, 0.4) is 0 Å². The van der Waals surface area contributed by atoms with Gasteiger partial charge in [-0.15, -0.1) is 0 Å². The first-order valence-corrected chi connectivity index (χ1v) is 7.78. The third kappa shape index (κ3) is 2.62. The average molecular weight is 262 g/mol. The quantitative estimate of drug-likeness (QED) is 0.758. The number of rotatable bonds is 3. The van der Waals surface area contributed by atoms with E-state index in [2.05, 4.69) is 10.1 Å². The van der Waals surface area contributed by atoms with Crippen molar-refractivity contribution in [1.82, 2.24) is 10.1 Å². The van der Waals surface area contributed by atoms with Gasteiger partial charge in [-0.1, -0.05) is 5.16 Å². The topological polar surface area (TPSA) is 90.1 Å². The SMILES string of the molecule is CS(=O)(=O)Cc1noc(C2CSCC2=O)n1. The van der Waals surface area contributed by atoms with E-state index in [4.69, 9.17) is 4.52 Å². The molecule has 1 aromatic rings. The molecule has 0 N–H and O–H groups in total. The third-order valence-electron chi connectivity index (χ3n) is 2.09. The van der Waals surface area contributed by atoms with Gasteiger partial charge >= 0.3 is 0 Å². The Morgan fingerprint density at radius 1 is 1.56 bits per heavy atom. The molecule has 8 heteroatoms. The molecule has 1 saturated heterocycles. The van der Waals surface area contributed by atoms with Crippen molar-refractivity contribution >= 4 is 27.4 Å². The van der Waals surface area contributed by atoms with Gasteiger partial charge in [0.25, 0.3) is 0 Å². The Bertz CT molecular complexity index is 508. The number of hydrogen-bond acceptors (Lipinski definition) is 7. The first-order valence-electron chi connectivity index (χ1n) is 4.56. The van der Waals surface area contributed by atoms with E-state index in [-0.39, 0.29) is 29.2 Å². The molecule has 0 amide bonds. The number of carbonyl (C=O) groups is 1. The first kappa shape index (κ1) is 11.6. The standard InChI is InChI=1S/C8H10N2O4S2/c1-16(12,13)4-7-9-8(14-10-7)5-2-15-3-6(5)11/h5H,2-4H2,1H3. The second kappa shape index (κ2) is 4.17. The van der Waals surface area contributed by atoms with Gasteiger partial charge in [0.1, 0.15) is 11.7 Å². The molecule has 6 nitrogen and oxygen atoms in total. The Balaban J connectivity index is 2.16. The highest BCUT2D eigenvalue weighted by Gasteiger charge is 2.31. The molecule has 0 radical (unpaired) electrons. The van der Waals surface area contributed by atoms with Crippen molar-refractivity contribution in [3.05, 3.63) is 11.7 Å². The maximum Gasteiger partial charge on any atom is 0.238 e. The van der Waals surface area contributed by atoms with Crippen LogP contribution in [0.25, 0.3) is 0 Å². The lowest BCUT2D eigenvalue weighted by atomic mass is 10.1.